The number of benzene rings is 6. The topological polar surface area (TPSA) is 477 Å². The van der Waals surface area contributed by atoms with Gasteiger partial charge in [-0.15, -0.1) is 20.5 Å². The Hall–Kier alpha value is -3.79. The number of fused-ring (bicyclic) bond motifs is 2. The summed E-state index contributed by atoms with van der Waals surface area (Å²) in [4.78, 5) is 10.6. The average molecular weight is 1140 g/mol. The Labute approximate surface area is 514 Å². The van der Waals surface area contributed by atoms with E-state index in [1.807, 2.05) is 0 Å². The van der Waals surface area contributed by atoms with Crippen LogP contribution in [0.5, 0.6) is 11.5 Å². The van der Waals surface area contributed by atoms with E-state index in [1.165, 1.54) is 41.3 Å². The number of rotatable bonds is 17. The van der Waals surface area contributed by atoms with Crippen LogP contribution in [-0.4, -0.2) is 114 Å². The van der Waals surface area contributed by atoms with Crippen LogP contribution >= 0.6 is 0 Å². The molecule has 0 unspecified atom stereocenters. The van der Waals surface area contributed by atoms with Crippen molar-refractivity contribution in [2.45, 2.75) is 19.6 Å². The van der Waals surface area contributed by atoms with Gasteiger partial charge in [0.2, 0.25) is 17.8 Å². The van der Waals surface area contributed by atoms with E-state index in [0.717, 1.165) is 36.4 Å². The van der Waals surface area contributed by atoms with Crippen molar-refractivity contribution in [3.05, 3.63) is 84.9 Å². The number of aromatic hydroxyl groups is 2. The summed E-state index contributed by atoms with van der Waals surface area (Å²) in [5.74, 6) is -2.48. The van der Waals surface area contributed by atoms with Crippen molar-refractivity contribution in [1.29, 1.82) is 0 Å². The van der Waals surface area contributed by atoms with Crippen molar-refractivity contribution in [1.82, 2.24) is 15.0 Å². The van der Waals surface area contributed by atoms with Crippen LogP contribution in [0.4, 0.5) is 63.3 Å². The number of aromatic nitrogens is 3. The smallest absolute Gasteiger partial charge is 0.744 e. The predicted molar refractivity (Wildman–Crippen MR) is 246 cm³/mol. The normalized spacial score (nSPS) is 11.9. The Kier molecular flexibility index (Phi) is 22.9. The maximum absolute atomic E-state index is 12.6. The van der Waals surface area contributed by atoms with E-state index in [4.69, 9.17) is 11.5 Å². The molecule has 0 aliphatic carbocycles. The van der Waals surface area contributed by atoms with Crippen molar-refractivity contribution in [3.8, 4) is 11.5 Å². The number of phenolic OH excluding ortho intramolecular Hbond substituents is 2. The summed E-state index contributed by atoms with van der Waals surface area (Å²) in [5, 5.41) is 61.3. The van der Waals surface area contributed by atoms with Crippen molar-refractivity contribution in [3.63, 3.8) is 0 Å². The first-order valence-corrected chi connectivity index (χ1v) is 25.2. The molecule has 0 atom stereocenters. The molecule has 75 heavy (non-hydrogen) atoms. The van der Waals surface area contributed by atoms with Crippen molar-refractivity contribution >= 4 is 125 Å². The first kappa shape index (κ1) is 65.5. The number of nitrogen functional groups attached to an aromatic ring is 2. The van der Waals surface area contributed by atoms with Gasteiger partial charge in [0.1, 0.15) is 74.7 Å². The van der Waals surface area contributed by atoms with E-state index >= 15 is 0 Å². The van der Waals surface area contributed by atoms with Crippen LogP contribution in [0, 0.1) is 0 Å². The number of azo groups is 2. The molecule has 372 valence electrons. The zero-order valence-electron chi connectivity index (χ0n) is 39.5. The second-order valence-electron chi connectivity index (χ2n) is 14.6. The van der Waals surface area contributed by atoms with Crippen molar-refractivity contribution in [2.75, 3.05) is 53.3 Å². The number of hydrogen-bond donors (Lipinski definition) is 8. The molecular formula is C39H32N12Na4O16S4. The summed E-state index contributed by atoms with van der Waals surface area (Å²) < 4.78 is 145. The molecule has 7 aromatic rings. The molecule has 0 fully saturated rings. The first-order valence-electron chi connectivity index (χ1n) is 19.6. The summed E-state index contributed by atoms with van der Waals surface area (Å²) in [6.07, 6.45) is 0. The predicted octanol–water partition coefficient (Wildman–Crippen LogP) is -8.51. The van der Waals surface area contributed by atoms with Crippen LogP contribution in [0.2, 0.25) is 0 Å². The molecule has 36 heteroatoms. The minimum atomic E-state index is -5.37. The van der Waals surface area contributed by atoms with E-state index in [0.29, 0.717) is 12.1 Å². The van der Waals surface area contributed by atoms with Gasteiger partial charge in [-0.05, 0) is 83.6 Å². The van der Waals surface area contributed by atoms with Crippen LogP contribution < -0.4 is 145 Å². The number of hydrogen-bond acceptors (Lipinski definition) is 28. The third kappa shape index (κ3) is 15.7. The molecular weight excluding hydrogens is 1110 g/mol. The molecule has 0 aliphatic rings. The Morgan fingerprint density at radius 3 is 1.21 bits per heavy atom. The summed E-state index contributed by atoms with van der Waals surface area (Å²) in [7, 11) is -20.8. The number of nitrogens with zero attached hydrogens (tertiary/aromatic N) is 8. The second kappa shape index (κ2) is 26.2. The molecule has 0 saturated heterocycles. The third-order valence-electron chi connectivity index (χ3n) is 9.86. The summed E-state index contributed by atoms with van der Waals surface area (Å²) in [6, 6.07) is 14.3. The van der Waals surface area contributed by atoms with Gasteiger partial charge in [0.25, 0.3) is 0 Å². The van der Waals surface area contributed by atoms with E-state index in [-0.39, 0.29) is 193 Å². The standard InChI is InChI=1S/C39H36N12O16S4.4Na/c40-25-5-1-19-13-23(68(56,57)58)17-29(54)33(19)35(25)49-47-27-7-3-21(15-31(27)70(62,63)64)42-37-44-38(46-39(45-37)51(9-11-52)10-12-53)43-22-4-8-28(32(16-22)71(65,66)67)48-50-36-26(41)6-2-20-14-24(69(59,60)61)18-30(55)34(20)36;;;;/h1-8,13-18,52-55H,9-12,40-41H2,(H,56,57,58)(H,59,60,61)(H,62,63,64)(H,65,66,67)(H2,42,43,44,45,46);;;;/q;4*+1/p-4. The fourth-order valence-corrected chi connectivity index (χ4v) is 9.05. The number of anilines is 7. The van der Waals surface area contributed by atoms with Gasteiger partial charge in [-0.2, -0.15) is 15.0 Å². The zero-order chi connectivity index (χ0) is 51.8. The van der Waals surface area contributed by atoms with E-state index in [9.17, 15) is 72.3 Å². The number of nitrogens with one attached hydrogen (secondary N) is 2. The van der Waals surface area contributed by atoms with Gasteiger partial charge in [-0.1, -0.05) is 12.1 Å². The van der Waals surface area contributed by atoms with Gasteiger partial charge in [0.15, 0.2) is 0 Å². The van der Waals surface area contributed by atoms with Crippen LogP contribution in [-0.2, 0) is 40.5 Å². The van der Waals surface area contributed by atoms with Gasteiger partial charge < -0.3 is 65.6 Å². The van der Waals surface area contributed by atoms with Gasteiger partial charge in [0.05, 0.1) is 54.9 Å². The molecule has 28 nitrogen and oxygen atoms in total. The molecule has 0 radical (unpaired) electrons. The number of nitrogens with two attached hydrogens (primary N) is 2. The quantitative estimate of drug-likeness (QED) is 0.0182. The fourth-order valence-electron chi connectivity index (χ4n) is 6.72. The molecule has 0 spiro atoms. The molecule has 0 amide bonds. The summed E-state index contributed by atoms with van der Waals surface area (Å²) in [6.45, 7) is -1.26. The van der Waals surface area contributed by atoms with E-state index in [1.54, 1.807) is 0 Å². The molecule has 10 N–H and O–H groups in total. The van der Waals surface area contributed by atoms with Crippen LogP contribution in [0.15, 0.2) is 125 Å². The average Bonchev–Trinajstić information content (AvgIpc) is 3.27. The maximum Gasteiger partial charge on any atom is 1.00 e. The summed E-state index contributed by atoms with van der Waals surface area (Å²) >= 11 is 0. The molecule has 1 aromatic heterocycles. The molecule has 7 rings (SSSR count). The van der Waals surface area contributed by atoms with Crippen molar-refractivity contribution in [2.24, 2.45) is 20.5 Å². The van der Waals surface area contributed by atoms with Gasteiger partial charge in [-0.25, -0.2) is 33.7 Å². The van der Waals surface area contributed by atoms with E-state index in [2.05, 4.69) is 46.0 Å². The molecule has 0 aliphatic heterocycles. The summed E-state index contributed by atoms with van der Waals surface area (Å²) in [5.41, 5.74) is 9.80. The molecule has 1 heterocycles. The largest absolute Gasteiger partial charge is 1.00 e. The number of phenols is 2. The third-order valence-corrected chi connectivity index (χ3v) is 13.2. The first-order chi connectivity index (χ1) is 33.2. The van der Waals surface area contributed by atoms with Gasteiger partial charge >= 0.3 is 118 Å². The molecule has 0 bridgehead atoms. The molecule has 6 aromatic carbocycles. The minimum Gasteiger partial charge on any atom is -0.744 e. The molecule has 0 saturated carbocycles. The SMILES string of the molecule is Nc1ccc2cc(S(=O)(=O)[O-])cc(O)c2c1N=Nc1ccc(Nc2nc(Nc3ccc(N=Nc4c(N)ccc5cc(S(=O)(=O)[O-])cc(O)c45)c(S(=O)(=O)[O-])c3)nc(N(CCO)CCO)n2)cc1S(=O)(=O)[O-].[Na+].[Na+].[Na+].[Na+]. The Bertz CT molecular complexity index is 3610. The Morgan fingerprint density at radius 1 is 0.507 bits per heavy atom. The van der Waals surface area contributed by atoms with Crippen molar-refractivity contribution < 1.29 is 191 Å². The van der Waals surface area contributed by atoms with Gasteiger partial charge in [0, 0.05) is 24.5 Å². The van der Waals surface area contributed by atoms with Crippen LogP contribution in [0.25, 0.3) is 21.5 Å². The number of aliphatic hydroxyl groups excluding tert-OH is 2. The van der Waals surface area contributed by atoms with Crippen LogP contribution in [0.1, 0.15) is 0 Å². The second-order valence-corrected chi connectivity index (χ2v) is 20.1. The number of aliphatic hydroxyl groups is 2. The fraction of sp³-hybridized carbons (Fsp3) is 0.103. The van der Waals surface area contributed by atoms with E-state index < -0.39 is 108 Å². The minimum absolute atomic E-state index is 0. The Balaban J connectivity index is 0.00000371. The van der Waals surface area contributed by atoms with Crippen LogP contribution in [0.3, 0.4) is 0 Å². The van der Waals surface area contributed by atoms with Gasteiger partial charge in [-0.3, -0.25) is 0 Å². The monoisotopic (exact) mass is 1140 g/mol. The Morgan fingerprint density at radius 2 is 0.880 bits per heavy atom. The zero-order valence-corrected chi connectivity index (χ0v) is 50.7. The maximum atomic E-state index is 12.6.